The highest BCUT2D eigenvalue weighted by molar-refractivity contribution is 7.99. The maximum atomic E-state index is 14.1. The molecule has 3 N–H and O–H groups in total. The number of aromatic hydroxyl groups is 1. The lowest BCUT2D eigenvalue weighted by Gasteiger charge is -2.15. The van der Waals surface area contributed by atoms with Gasteiger partial charge in [0, 0.05) is 23.6 Å². The number of pyridine rings is 1. The van der Waals surface area contributed by atoms with Gasteiger partial charge in [0.05, 0.1) is 6.61 Å². The summed E-state index contributed by atoms with van der Waals surface area (Å²) in [6, 6.07) is 4.70. The fourth-order valence-corrected chi connectivity index (χ4v) is 3.33. The second kappa shape index (κ2) is 10.2. The van der Waals surface area contributed by atoms with Crippen molar-refractivity contribution in [3.8, 4) is 17.2 Å². The van der Waals surface area contributed by atoms with E-state index in [4.69, 9.17) is 33.0 Å². The van der Waals surface area contributed by atoms with Gasteiger partial charge in [-0.1, -0.05) is 37.0 Å². The molecular formula is C18H21Cl2FN2O3S. The van der Waals surface area contributed by atoms with Gasteiger partial charge in [0.15, 0.2) is 11.6 Å². The van der Waals surface area contributed by atoms with Crippen LogP contribution in [0.15, 0.2) is 18.2 Å². The molecule has 148 valence electrons. The summed E-state index contributed by atoms with van der Waals surface area (Å²) in [6.45, 7) is 4.44. The zero-order valence-electron chi connectivity index (χ0n) is 14.9. The van der Waals surface area contributed by atoms with Crippen LogP contribution in [0.5, 0.6) is 17.2 Å². The van der Waals surface area contributed by atoms with Gasteiger partial charge >= 0.3 is 0 Å². The monoisotopic (exact) mass is 434 g/mol. The van der Waals surface area contributed by atoms with E-state index in [1.165, 1.54) is 6.07 Å². The summed E-state index contributed by atoms with van der Waals surface area (Å²) >= 11 is 13.9. The number of ether oxygens (including phenoxy) is 1. The van der Waals surface area contributed by atoms with Crippen LogP contribution in [0.1, 0.15) is 25.3 Å². The number of thioether (sulfide) groups is 1. The third-order valence-electron chi connectivity index (χ3n) is 3.61. The Hall–Kier alpha value is -1.41. The highest BCUT2D eigenvalue weighted by Crippen LogP contribution is 2.42. The van der Waals surface area contributed by atoms with Crippen LogP contribution in [0, 0.1) is 5.95 Å². The molecule has 0 unspecified atom stereocenters. The summed E-state index contributed by atoms with van der Waals surface area (Å²) in [7, 11) is 0. The number of aliphatic hydroxyl groups excluding tert-OH is 1. The van der Waals surface area contributed by atoms with E-state index in [2.05, 4.69) is 10.3 Å². The molecule has 27 heavy (non-hydrogen) atoms. The van der Waals surface area contributed by atoms with Crippen molar-refractivity contribution in [2.75, 3.05) is 30.0 Å². The van der Waals surface area contributed by atoms with Crippen LogP contribution in [0.25, 0.3) is 0 Å². The van der Waals surface area contributed by atoms with Crippen LogP contribution in [-0.4, -0.2) is 39.9 Å². The topological polar surface area (TPSA) is 74.6 Å². The van der Waals surface area contributed by atoms with Crippen LogP contribution in [0.3, 0.4) is 0 Å². The van der Waals surface area contributed by atoms with Crippen molar-refractivity contribution in [2.45, 2.75) is 19.8 Å². The van der Waals surface area contributed by atoms with Gasteiger partial charge in [0.2, 0.25) is 5.95 Å². The molecule has 0 saturated heterocycles. The smallest absolute Gasteiger partial charge is 0.237 e. The SMILES string of the molecule is CC(C)c1cc(Oc2c(Cl)c(F)nc(NCCSCCO)c2Cl)ccc1O. The quantitative estimate of drug-likeness (QED) is 0.367. The minimum Gasteiger partial charge on any atom is -0.508 e. The Morgan fingerprint density at radius 1 is 1.26 bits per heavy atom. The van der Waals surface area contributed by atoms with Gasteiger partial charge in [-0.3, -0.25) is 0 Å². The number of nitrogens with one attached hydrogen (secondary N) is 1. The predicted molar refractivity (Wildman–Crippen MR) is 109 cm³/mol. The number of aromatic nitrogens is 1. The van der Waals surface area contributed by atoms with E-state index in [0.29, 0.717) is 29.4 Å². The first kappa shape index (κ1) is 21.9. The second-order valence-electron chi connectivity index (χ2n) is 5.95. The van der Waals surface area contributed by atoms with Crippen LogP contribution >= 0.6 is 35.0 Å². The van der Waals surface area contributed by atoms with Gasteiger partial charge in [-0.2, -0.15) is 21.1 Å². The molecule has 5 nitrogen and oxygen atoms in total. The lowest BCUT2D eigenvalue weighted by Crippen LogP contribution is -2.09. The number of anilines is 1. The Morgan fingerprint density at radius 2 is 2.00 bits per heavy atom. The summed E-state index contributed by atoms with van der Waals surface area (Å²) < 4.78 is 19.8. The van der Waals surface area contributed by atoms with Gasteiger partial charge in [-0.15, -0.1) is 0 Å². The van der Waals surface area contributed by atoms with Crippen molar-refractivity contribution in [3.63, 3.8) is 0 Å². The van der Waals surface area contributed by atoms with Crippen LogP contribution in [0.4, 0.5) is 10.2 Å². The van der Waals surface area contributed by atoms with E-state index in [1.54, 1.807) is 23.9 Å². The number of phenols is 1. The van der Waals surface area contributed by atoms with E-state index in [-0.39, 0.29) is 39.9 Å². The van der Waals surface area contributed by atoms with Crippen molar-refractivity contribution in [1.82, 2.24) is 4.98 Å². The lowest BCUT2D eigenvalue weighted by atomic mass is 10.0. The average Bonchev–Trinajstić information content (AvgIpc) is 2.63. The molecule has 0 bridgehead atoms. The van der Waals surface area contributed by atoms with Crippen molar-refractivity contribution in [2.24, 2.45) is 0 Å². The maximum absolute atomic E-state index is 14.1. The summed E-state index contributed by atoms with van der Waals surface area (Å²) in [5, 5.41) is 21.4. The minimum absolute atomic E-state index is 0.0447. The number of halogens is 3. The van der Waals surface area contributed by atoms with Crippen molar-refractivity contribution in [3.05, 3.63) is 39.8 Å². The number of benzene rings is 1. The zero-order chi connectivity index (χ0) is 20.0. The molecule has 9 heteroatoms. The molecular weight excluding hydrogens is 414 g/mol. The number of aliphatic hydroxyl groups is 1. The third-order valence-corrected chi connectivity index (χ3v) is 5.26. The highest BCUT2D eigenvalue weighted by Gasteiger charge is 2.20. The molecule has 0 radical (unpaired) electrons. The lowest BCUT2D eigenvalue weighted by molar-refractivity contribution is 0.322. The van der Waals surface area contributed by atoms with E-state index in [1.807, 2.05) is 13.8 Å². The summed E-state index contributed by atoms with van der Waals surface area (Å²) in [4.78, 5) is 3.73. The number of nitrogens with zero attached hydrogens (tertiary/aromatic N) is 1. The molecule has 1 aromatic carbocycles. The minimum atomic E-state index is -0.899. The third kappa shape index (κ3) is 5.78. The first-order valence-corrected chi connectivity index (χ1v) is 10.2. The van der Waals surface area contributed by atoms with E-state index in [0.717, 1.165) is 0 Å². The molecule has 0 aliphatic rings. The summed E-state index contributed by atoms with van der Waals surface area (Å²) in [6.07, 6.45) is 0. The normalized spacial score (nSPS) is 11.1. The van der Waals surface area contributed by atoms with E-state index in [9.17, 15) is 9.50 Å². The maximum Gasteiger partial charge on any atom is 0.237 e. The van der Waals surface area contributed by atoms with Gasteiger partial charge in [-0.25, -0.2) is 0 Å². The molecule has 0 spiro atoms. The zero-order valence-corrected chi connectivity index (χ0v) is 17.3. The first-order valence-electron chi connectivity index (χ1n) is 8.32. The molecule has 0 amide bonds. The first-order chi connectivity index (χ1) is 12.8. The van der Waals surface area contributed by atoms with Gasteiger partial charge in [-0.05, 0) is 24.1 Å². The molecule has 0 saturated carbocycles. The number of rotatable bonds is 9. The Kier molecular flexibility index (Phi) is 8.28. The van der Waals surface area contributed by atoms with Gasteiger partial charge < -0.3 is 20.3 Å². The van der Waals surface area contributed by atoms with Crippen molar-refractivity contribution >= 4 is 40.8 Å². The molecule has 0 aliphatic heterocycles. The molecule has 1 aromatic heterocycles. The Labute approximate surface area is 171 Å². The highest BCUT2D eigenvalue weighted by atomic mass is 35.5. The Bertz CT molecular complexity index is 794. The Balaban J connectivity index is 2.24. The number of hydrogen-bond donors (Lipinski definition) is 3. The molecule has 0 aliphatic carbocycles. The standard InChI is InChI=1S/C18H21Cl2FN2O3S/c1-10(2)12-9-11(3-4-13(12)25)26-16-14(19)17(21)23-18(15(16)20)22-5-7-27-8-6-24/h3-4,9-10,24-25H,5-8H2,1-2H3,(H,22,23). The number of hydrogen-bond acceptors (Lipinski definition) is 6. The van der Waals surface area contributed by atoms with Gasteiger partial charge in [0.25, 0.3) is 0 Å². The molecule has 2 rings (SSSR count). The van der Waals surface area contributed by atoms with E-state index < -0.39 is 5.95 Å². The number of phenolic OH excluding ortho intramolecular Hbond substituents is 1. The average molecular weight is 435 g/mol. The van der Waals surface area contributed by atoms with E-state index >= 15 is 0 Å². The van der Waals surface area contributed by atoms with Crippen molar-refractivity contribution in [1.29, 1.82) is 0 Å². The Morgan fingerprint density at radius 3 is 2.67 bits per heavy atom. The van der Waals surface area contributed by atoms with Crippen molar-refractivity contribution < 1.29 is 19.3 Å². The van der Waals surface area contributed by atoms with Gasteiger partial charge in [0.1, 0.15) is 21.5 Å². The van der Waals surface area contributed by atoms with Crippen LogP contribution in [-0.2, 0) is 0 Å². The largest absolute Gasteiger partial charge is 0.508 e. The van der Waals surface area contributed by atoms with Crippen LogP contribution < -0.4 is 10.1 Å². The second-order valence-corrected chi connectivity index (χ2v) is 7.93. The van der Waals surface area contributed by atoms with Crippen LogP contribution in [0.2, 0.25) is 10.0 Å². The predicted octanol–water partition coefficient (Wildman–Crippen LogP) is 5.29. The molecule has 2 aromatic rings. The fourth-order valence-electron chi connectivity index (χ4n) is 2.29. The molecule has 0 atom stereocenters. The fraction of sp³-hybridized carbons (Fsp3) is 0.389. The molecule has 0 fully saturated rings. The molecule has 1 heterocycles. The summed E-state index contributed by atoms with van der Waals surface area (Å²) in [5.74, 6) is 1.08. The summed E-state index contributed by atoms with van der Waals surface area (Å²) in [5.41, 5.74) is 0.688.